The Bertz CT molecular complexity index is 632. The quantitative estimate of drug-likeness (QED) is 0.440. The molecule has 0 spiro atoms. The van der Waals surface area contributed by atoms with Gasteiger partial charge in [-0.3, -0.25) is 0 Å². The molecule has 0 bridgehead atoms. The normalized spacial score (nSPS) is 12.4. The van der Waals surface area contributed by atoms with E-state index in [2.05, 4.69) is 14.7 Å². The summed E-state index contributed by atoms with van der Waals surface area (Å²) in [6.45, 7) is 3.46. The Morgan fingerprint density at radius 2 is 1.90 bits per heavy atom. The number of sulfonamides is 1. The molecule has 0 amide bonds. The summed E-state index contributed by atoms with van der Waals surface area (Å²) in [5.41, 5.74) is 16.1. The summed E-state index contributed by atoms with van der Waals surface area (Å²) < 4.78 is 26.5. The summed E-state index contributed by atoms with van der Waals surface area (Å²) in [5, 5.41) is 0. The van der Waals surface area contributed by atoms with Crippen molar-refractivity contribution in [3.8, 4) is 0 Å². The first-order chi connectivity index (χ1) is 9.20. The molecule has 110 valence electrons. The number of nitrogens with one attached hydrogen (secondary N) is 1. The number of hydrogen-bond donors (Lipinski definition) is 4. The average molecular weight is 298 g/mol. The molecule has 0 saturated carbocycles. The molecule has 9 heteroatoms. The lowest BCUT2D eigenvalue weighted by molar-refractivity contribution is 0.570. The molecule has 0 aliphatic carbocycles. The molecule has 0 unspecified atom stereocenters. The number of guanidine groups is 2. The van der Waals surface area contributed by atoms with Gasteiger partial charge in [0.25, 0.3) is 0 Å². The van der Waals surface area contributed by atoms with E-state index < -0.39 is 10.0 Å². The van der Waals surface area contributed by atoms with Crippen LogP contribution in [0.1, 0.15) is 13.8 Å². The number of aliphatic imine (C=N–C) groups is 2. The Morgan fingerprint density at radius 1 is 1.25 bits per heavy atom. The van der Waals surface area contributed by atoms with Crippen LogP contribution in [0.15, 0.2) is 39.1 Å². The largest absolute Gasteiger partial charge is 0.370 e. The van der Waals surface area contributed by atoms with E-state index in [-0.39, 0.29) is 22.9 Å². The number of benzene rings is 1. The molecule has 0 heterocycles. The van der Waals surface area contributed by atoms with Crippen molar-refractivity contribution in [1.82, 2.24) is 4.72 Å². The first-order valence-electron chi connectivity index (χ1n) is 5.77. The molecule has 0 radical (unpaired) electrons. The van der Waals surface area contributed by atoms with Gasteiger partial charge in [-0.15, -0.1) is 0 Å². The first-order valence-corrected chi connectivity index (χ1v) is 7.25. The van der Waals surface area contributed by atoms with Crippen molar-refractivity contribution in [3.63, 3.8) is 0 Å². The van der Waals surface area contributed by atoms with Crippen LogP contribution in [0, 0.1) is 0 Å². The minimum Gasteiger partial charge on any atom is -0.370 e. The van der Waals surface area contributed by atoms with Crippen LogP contribution in [0.5, 0.6) is 0 Å². The van der Waals surface area contributed by atoms with Gasteiger partial charge in [-0.25, -0.2) is 18.1 Å². The highest BCUT2D eigenvalue weighted by molar-refractivity contribution is 7.89. The highest BCUT2D eigenvalue weighted by Crippen LogP contribution is 2.18. The van der Waals surface area contributed by atoms with Crippen LogP contribution in [0.3, 0.4) is 0 Å². The van der Waals surface area contributed by atoms with Gasteiger partial charge in [-0.2, -0.15) is 4.99 Å². The van der Waals surface area contributed by atoms with Gasteiger partial charge >= 0.3 is 0 Å². The molecular formula is C11H18N6O2S. The van der Waals surface area contributed by atoms with Gasteiger partial charge in [-0.1, -0.05) is 6.07 Å². The van der Waals surface area contributed by atoms with Crippen LogP contribution < -0.4 is 21.9 Å². The smallest absolute Gasteiger partial charge is 0.240 e. The van der Waals surface area contributed by atoms with Gasteiger partial charge < -0.3 is 17.2 Å². The molecule has 0 aliphatic rings. The van der Waals surface area contributed by atoms with Crippen molar-refractivity contribution in [3.05, 3.63) is 24.3 Å². The van der Waals surface area contributed by atoms with Crippen LogP contribution in [0.2, 0.25) is 0 Å². The standard InChI is InChI=1S/C11H18N6O2S/c1-7(2)17-20(18,19)9-5-3-4-8(6-9)15-11(14)16-10(12)13/h3-7,17H,1-2H3,(H6,12,13,14,15,16). The molecule has 1 aromatic rings. The molecule has 0 atom stereocenters. The van der Waals surface area contributed by atoms with Crippen molar-refractivity contribution in [1.29, 1.82) is 0 Å². The number of nitrogens with zero attached hydrogens (tertiary/aromatic N) is 2. The Balaban J connectivity index is 3.12. The third kappa shape index (κ3) is 4.86. The molecule has 7 N–H and O–H groups in total. The zero-order chi connectivity index (χ0) is 15.3. The fraction of sp³-hybridized carbons (Fsp3) is 0.273. The minimum atomic E-state index is -3.59. The van der Waals surface area contributed by atoms with E-state index in [0.717, 1.165) is 0 Å². The van der Waals surface area contributed by atoms with Crippen molar-refractivity contribution >= 4 is 27.6 Å². The molecule has 0 fully saturated rings. The third-order valence-corrected chi connectivity index (χ3v) is 3.66. The summed E-state index contributed by atoms with van der Waals surface area (Å²) >= 11 is 0. The Labute approximate surface area is 117 Å². The van der Waals surface area contributed by atoms with E-state index in [0.29, 0.717) is 5.69 Å². The summed E-state index contributed by atoms with van der Waals surface area (Å²) in [5.74, 6) is -0.382. The lowest BCUT2D eigenvalue weighted by Crippen LogP contribution is -2.30. The van der Waals surface area contributed by atoms with Crippen LogP contribution in [0.4, 0.5) is 5.69 Å². The summed E-state index contributed by atoms with van der Waals surface area (Å²) in [4.78, 5) is 7.54. The van der Waals surface area contributed by atoms with E-state index in [1.54, 1.807) is 26.0 Å². The lowest BCUT2D eigenvalue weighted by atomic mass is 10.3. The third-order valence-electron chi connectivity index (χ3n) is 2.01. The van der Waals surface area contributed by atoms with Crippen LogP contribution in [-0.2, 0) is 10.0 Å². The Morgan fingerprint density at radius 3 is 2.45 bits per heavy atom. The van der Waals surface area contributed by atoms with Crippen LogP contribution >= 0.6 is 0 Å². The minimum absolute atomic E-state index is 0.0879. The van der Waals surface area contributed by atoms with Crippen LogP contribution in [-0.4, -0.2) is 26.4 Å². The zero-order valence-electron chi connectivity index (χ0n) is 11.2. The van der Waals surface area contributed by atoms with Gasteiger partial charge in [0.05, 0.1) is 10.6 Å². The maximum Gasteiger partial charge on any atom is 0.240 e. The summed E-state index contributed by atoms with van der Waals surface area (Å²) in [7, 11) is -3.59. The lowest BCUT2D eigenvalue weighted by Gasteiger charge is -2.09. The topological polar surface area (TPSA) is 149 Å². The van der Waals surface area contributed by atoms with E-state index in [4.69, 9.17) is 17.2 Å². The summed E-state index contributed by atoms with van der Waals surface area (Å²) in [6.07, 6.45) is 0. The van der Waals surface area contributed by atoms with E-state index in [1.165, 1.54) is 12.1 Å². The first kappa shape index (κ1) is 15.9. The van der Waals surface area contributed by atoms with E-state index in [9.17, 15) is 8.42 Å². The van der Waals surface area contributed by atoms with Crippen molar-refractivity contribution < 1.29 is 8.42 Å². The Kier molecular flexibility index (Phi) is 5.06. The van der Waals surface area contributed by atoms with Gasteiger partial charge in [-0.05, 0) is 32.0 Å². The van der Waals surface area contributed by atoms with E-state index in [1.807, 2.05) is 0 Å². The highest BCUT2D eigenvalue weighted by atomic mass is 32.2. The Hall–Kier alpha value is -2.13. The maximum atomic E-state index is 12.0. The fourth-order valence-corrected chi connectivity index (χ4v) is 2.68. The molecule has 0 saturated heterocycles. The molecule has 20 heavy (non-hydrogen) atoms. The van der Waals surface area contributed by atoms with Gasteiger partial charge in [0.1, 0.15) is 0 Å². The highest BCUT2D eigenvalue weighted by Gasteiger charge is 2.15. The van der Waals surface area contributed by atoms with E-state index >= 15 is 0 Å². The number of hydrogen-bond acceptors (Lipinski definition) is 3. The molecular weight excluding hydrogens is 280 g/mol. The van der Waals surface area contributed by atoms with Crippen molar-refractivity contribution in [2.75, 3.05) is 0 Å². The predicted molar refractivity (Wildman–Crippen MR) is 79.0 cm³/mol. The number of nitrogens with two attached hydrogens (primary N) is 3. The second-order valence-corrected chi connectivity index (χ2v) is 5.99. The van der Waals surface area contributed by atoms with Gasteiger partial charge in [0, 0.05) is 6.04 Å². The molecule has 1 aromatic carbocycles. The van der Waals surface area contributed by atoms with Crippen molar-refractivity contribution in [2.45, 2.75) is 24.8 Å². The van der Waals surface area contributed by atoms with Gasteiger partial charge in [0.2, 0.25) is 16.0 Å². The van der Waals surface area contributed by atoms with Crippen LogP contribution in [0.25, 0.3) is 0 Å². The molecule has 0 aromatic heterocycles. The second-order valence-electron chi connectivity index (χ2n) is 4.28. The van der Waals surface area contributed by atoms with Gasteiger partial charge in [0.15, 0.2) is 5.96 Å². The number of rotatable bonds is 4. The molecule has 0 aliphatic heterocycles. The monoisotopic (exact) mass is 298 g/mol. The maximum absolute atomic E-state index is 12.0. The molecule has 8 nitrogen and oxygen atoms in total. The second kappa shape index (κ2) is 6.35. The van der Waals surface area contributed by atoms with Crippen molar-refractivity contribution in [2.24, 2.45) is 27.2 Å². The average Bonchev–Trinajstić information content (AvgIpc) is 2.26. The predicted octanol–water partition coefficient (Wildman–Crippen LogP) is -0.407. The summed E-state index contributed by atoms with van der Waals surface area (Å²) in [6, 6.07) is 5.76. The molecule has 1 rings (SSSR count). The fourth-order valence-electron chi connectivity index (χ4n) is 1.39. The SMILES string of the molecule is CC(C)NS(=O)(=O)c1cccc(N=C(N)N=C(N)N)c1. The zero-order valence-corrected chi connectivity index (χ0v) is 12.1.